The summed E-state index contributed by atoms with van der Waals surface area (Å²) in [5.41, 5.74) is 0.114. The molecule has 136 valence electrons. The van der Waals surface area contributed by atoms with Gasteiger partial charge in [-0.05, 0) is 37.6 Å². The minimum atomic E-state index is -0.643. The van der Waals surface area contributed by atoms with Crippen molar-refractivity contribution in [2.75, 3.05) is 11.9 Å². The maximum Gasteiger partial charge on any atom is 0.311 e. The zero-order valence-electron chi connectivity index (χ0n) is 13.8. The molecule has 0 bridgehead atoms. The molecule has 0 aliphatic rings. The second-order valence-corrected chi connectivity index (χ2v) is 5.61. The van der Waals surface area contributed by atoms with Crippen molar-refractivity contribution in [1.82, 2.24) is 0 Å². The molecule has 0 atom stereocenters. The van der Waals surface area contributed by atoms with E-state index >= 15 is 0 Å². The normalized spacial score (nSPS) is 10.3. The molecular weight excluding hydrogens is 366 g/mol. The Balaban J connectivity index is 2.33. The molecule has 0 saturated heterocycles. The third kappa shape index (κ3) is 4.06. The van der Waals surface area contributed by atoms with Crippen LogP contribution in [0.15, 0.2) is 30.3 Å². The Morgan fingerprint density at radius 2 is 1.81 bits per heavy atom. The largest absolute Gasteiger partial charge is 0.487 e. The number of halogens is 1. The molecule has 0 spiro atoms. The number of carbonyl (C=O) groups excluding carboxylic acids is 1. The maximum atomic E-state index is 12.4. The Morgan fingerprint density at radius 1 is 1.15 bits per heavy atom. The highest BCUT2D eigenvalue weighted by Crippen LogP contribution is 2.32. The molecule has 26 heavy (non-hydrogen) atoms. The quantitative estimate of drug-likeness (QED) is 0.594. The highest BCUT2D eigenvalue weighted by Gasteiger charge is 2.20. The number of aryl methyl sites for hydroxylation is 1. The first-order chi connectivity index (χ1) is 12.2. The van der Waals surface area contributed by atoms with Crippen molar-refractivity contribution >= 4 is 34.6 Å². The van der Waals surface area contributed by atoms with Crippen molar-refractivity contribution in [3.05, 3.63) is 66.7 Å². The third-order valence-electron chi connectivity index (χ3n) is 3.46. The van der Waals surface area contributed by atoms with Gasteiger partial charge in [0.25, 0.3) is 11.6 Å². The molecule has 0 aliphatic heterocycles. The summed E-state index contributed by atoms with van der Waals surface area (Å²) < 4.78 is 5.17. The molecule has 0 heterocycles. The number of carbonyl (C=O) groups is 1. The first-order valence-electron chi connectivity index (χ1n) is 7.41. The summed E-state index contributed by atoms with van der Waals surface area (Å²) in [5.74, 6) is -0.562. The molecule has 2 aromatic carbocycles. The summed E-state index contributed by atoms with van der Waals surface area (Å²) in [7, 11) is 0. The number of ether oxygens (including phenoxy) is 1. The summed E-state index contributed by atoms with van der Waals surface area (Å²) in [5, 5.41) is 24.4. The van der Waals surface area contributed by atoms with E-state index in [1.807, 2.05) is 0 Å². The molecule has 0 radical (unpaired) electrons. The molecule has 0 aromatic heterocycles. The summed E-state index contributed by atoms with van der Waals surface area (Å²) in [6.07, 6.45) is 0. The standard InChI is InChI=1S/C16H14ClN3O6/c1-3-26-15-5-4-10(7-14(15)20(24)25)16(21)18-12-8-11(17)13(19(22)23)6-9(12)2/h4-8H,3H2,1-2H3,(H,18,21). The zero-order valence-corrected chi connectivity index (χ0v) is 14.6. The zero-order chi connectivity index (χ0) is 19.4. The number of rotatable bonds is 6. The number of anilines is 1. The number of nitro groups is 2. The average molecular weight is 380 g/mol. The van der Waals surface area contributed by atoms with Crippen molar-refractivity contribution in [2.24, 2.45) is 0 Å². The average Bonchev–Trinajstić information content (AvgIpc) is 2.57. The second-order valence-electron chi connectivity index (χ2n) is 5.20. The molecule has 10 heteroatoms. The monoisotopic (exact) mass is 379 g/mol. The van der Waals surface area contributed by atoms with E-state index in [1.54, 1.807) is 13.8 Å². The van der Waals surface area contributed by atoms with Crippen LogP contribution in [0.2, 0.25) is 5.02 Å². The molecule has 9 nitrogen and oxygen atoms in total. The number of nitro benzene ring substituents is 2. The Morgan fingerprint density at radius 3 is 2.38 bits per heavy atom. The van der Waals surface area contributed by atoms with E-state index in [0.717, 1.165) is 6.07 Å². The van der Waals surface area contributed by atoms with Crippen LogP contribution in [0.4, 0.5) is 17.1 Å². The lowest BCUT2D eigenvalue weighted by atomic mass is 10.1. The molecular formula is C16H14ClN3O6. The number of benzene rings is 2. The summed E-state index contributed by atoms with van der Waals surface area (Å²) in [4.78, 5) is 33.1. The minimum Gasteiger partial charge on any atom is -0.487 e. The van der Waals surface area contributed by atoms with E-state index in [-0.39, 0.29) is 40.0 Å². The number of hydrogen-bond acceptors (Lipinski definition) is 6. The van der Waals surface area contributed by atoms with Crippen LogP contribution in [0.5, 0.6) is 5.75 Å². The van der Waals surface area contributed by atoms with Gasteiger partial charge in [-0.25, -0.2) is 0 Å². The smallest absolute Gasteiger partial charge is 0.311 e. The van der Waals surface area contributed by atoms with E-state index < -0.39 is 15.8 Å². The van der Waals surface area contributed by atoms with E-state index in [2.05, 4.69) is 5.32 Å². The van der Waals surface area contributed by atoms with Crippen LogP contribution in [0, 0.1) is 27.2 Å². The molecule has 1 N–H and O–H groups in total. The van der Waals surface area contributed by atoms with Gasteiger partial charge >= 0.3 is 5.69 Å². The maximum absolute atomic E-state index is 12.4. The van der Waals surface area contributed by atoms with E-state index in [4.69, 9.17) is 16.3 Å². The second kappa shape index (κ2) is 7.79. The molecule has 2 rings (SSSR count). The first-order valence-corrected chi connectivity index (χ1v) is 7.79. The van der Waals surface area contributed by atoms with Crippen LogP contribution in [0.25, 0.3) is 0 Å². The van der Waals surface area contributed by atoms with E-state index in [1.165, 1.54) is 24.3 Å². The topological polar surface area (TPSA) is 125 Å². The minimum absolute atomic E-state index is 0.0361. The van der Waals surface area contributed by atoms with E-state index in [9.17, 15) is 25.0 Å². The van der Waals surface area contributed by atoms with Crippen molar-refractivity contribution in [2.45, 2.75) is 13.8 Å². The van der Waals surface area contributed by atoms with Crippen LogP contribution in [-0.2, 0) is 0 Å². The SMILES string of the molecule is CCOc1ccc(C(=O)Nc2cc(Cl)c([N+](=O)[O-])cc2C)cc1[N+](=O)[O-]. The fourth-order valence-electron chi connectivity index (χ4n) is 2.21. The lowest BCUT2D eigenvalue weighted by molar-refractivity contribution is -0.385. The Bertz CT molecular complexity index is 900. The molecule has 0 aliphatic carbocycles. The van der Waals surface area contributed by atoms with Gasteiger partial charge in [0.15, 0.2) is 5.75 Å². The Labute approximate surface area is 152 Å². The van der Waals surface area contributed by atoms with Crippen LogP contribution < -0.4 is 10.1 Å². The first kappa shape index (κ1) is 19.1. The molecule has 0 unspecified atom stereocenters. The van der Waals surface area contributed by atoms with E-state index in [0.29, 0.717) is 5.56 Å². The number of nitrogens with one attached hydrogen (secondary N) is 1. The van der Waals surface area contributed by atoms with Crippen LogP contribution in [0.3, 0.4) is 0 Å². The molecule has 1 amide bonds. The number of hydrogen-bond donors (Lipinski definition) is 1. The number of amides is 1. The number of nitrogens with zero attached hydrogens (tertiary/aromatic N) is 2. The highest BCUT2D eigenvalue weighted by atomic mass is 35.5. The van der Waals surface area contributed by atoms with Gasteiger partial charge in [-0.1, -0.05) is 11.6 Å². The summed E-state index contributed by atoms with van der Waals surface area (Å²) in [6.45, 7) is 3.50. The van der Waals surface area contributed by atoms with Crippen LogP contribution >= 0.6 is 11.6 Å². The van der Waals surface area contributed by atoms with Gasteiger partial charge in [-0.15, -0.1) is 0 Å². The van der Waals surface area contributed by atoms with Crippen molar-refractivity contribution in [1.29, 1.82) is 0 Å². The summed E-state index contributed by atoms with van der Waals surface area (Å²) in [6, 6.07) is 6.32. The van der Waals surface area contributed by atoms with Crippen LogP contribution in [-0.4, -0.2) is 22.4 Å². The van der Waals surface area contributed by atoms with Crippen LogP contribution in [0.1, 0.15) is 22.8 Å². The van der Waals surface area contributed by atoms with Gasteiger partial charge < -0.3 is 10.1 Å². The molecule has 2 aromatic rings. The van der Waals surface area contributed by atoms with Crippen molar-refractivity contribution in [3.8, 4) is 5.75 Å². The Kier molecular flexibility index (Phi) is 5.73. The fraction of sp³-hybridized carbons (Fsp3) is 0.188. The van der Waals surface area contributed by atoms with Gasteiger partial charge in [0.05, 0.1) is 16.5 Å². The van der Waals surface area contributed by atoms with Crippen molar-refractivity contribution < 1.29 is 19.4 Å². The van der Waals surface area contributed by atoms with Gasteiger partial charge in [-0.3, -0.25) is 25.0 Å². The lowest BCUT2D eigenvalue weighted by Gasteiger charge is -2.10. The predicted molar refractivity (Wildman–Crippen MR) is 95.1 cm³/mol. The van der Waals surface area contributed by atoms with Gasteiger partial charge in [-0.2, -0.15) is 0 Å². The summed E-state index contributed by atoms with van der Waals surface area (Å²) >= 11 is 5.85. The highest BCUT2D eigenvalue weighted by molar-refractivity contribution is 6.33. The fourth-order valence-corrected chi connectivity index (χ4v) is 2.45. The van der Waals surface area contributed by atoms with Gasteiger partial charge in [0.2, 0.25) is 0 Å². The lowest BCUT2D eigenvalue weighted by Crippen LogP contribution is -2.13. The van der Waals surface area contributed by atoms with Gasteiger partial charge in [0.1, 0.15) is 5.02 Å². The van der Waals surface area contributed by atoms with Gasteiger partial charge in [0, 0.05) is 23.4 Å². The Hall–Kier alpha value is -3.20. The molecule has 0 saturated carbocycles. The van der Waals surface area contributed by atoms with Crippen molar-refractivity contribution in [3.63, 3.8) is 0 Å². The molecule has 0 fully saturated rings. The predicted octanol–water partition coefficient (Wildman–Crippen LogP) is 4.12. The third-order valence-corrected chi connectivity index (χ3v) is 3.76.